The highest BCUT2D eigenvalue weighted by Gasteiger charge is 2.38. The number of nitrogens with zero attached hydrogens (tertiary/aromatic N) is 2. The lowest BCUT2D eigenvalue weighted by Gasteiger charge is -2.02. The van der Waals surface area contributed by atoms with E-state index in [4.69, 9.17) is 5.11 Å². The SMILES string of the molecule is Cn1nc(C(F)(F)F)c(CF)c1O. The van der Waals surface area contributed by atoms with Crippen molar-refractivity contribution in [3.05, 3.63) is 11.3 Å². The Kier molecular flexibility index (Phi) is 2.19. The highest BCUT2D eigenvalue weighted by atomic mass is 19.4. The zero-order chi connectivity index (χ0) is 10.2. The lowest BCUT2D eigenvalue weighted by molar-refractivity contribution is -0.142. The molecule has 0 saturated heterocycles. The Labute approximate surface area is 70.6 Å². The van der Waals surface area contributed by atoms with E-state index >= 15 is 0 Å². The molecule has 0 saturated carbocycles. The second kappa shape index (κ2) is 2.90. The van der Waals surface area contributed by atoms with Crippen LogP contribution in [-0.2, 0) is 19.9 Å². The first kappa shape index (κ1) is 9.82. The van der Waals surface area contributed by atoms with Gasteiger partial charge in [0.15, 0.2) is 5.69 Å². The Morgan fingerprint density at radius 2 is 2.00 bits per heavy atom. The minimum atomic E-state index is -4.74. The highest BCUT2D eigenvalue weighted by Crippen LogP contribution is 2.34. The normalized spacial score (nSPS) is 12.1. The predicted molar refractivity (Wildman–Crippen MR) is 34.7 cm³/mol. The number of halogens is 4. The van der Waals surface area contributed by atoms with Crippen LogP contribution in [0.25, 0.3) is 0 Å². The second-order valence-corrected chi connectivity index (χ2v) is 2.41. The number of alkyl halides is 4. The third kappa shape index (κ3) is 1.58. The van der Waals surface area contributed by atoms with E-state index < -0.39 is 30.0 Å². The average molecular weight is 198 g/mol. The maximum Gasteiger partial charge on any atom is 0.435 e. The van der Waals surface area contributed by atoms with Crippen molar-refractivity contribution in [3.63, 3.8) is 0 Å². The van der Waals surface area contributed by atoms with Crippen LogP contribution in [0.2, 0.25) is 0 Å². The van der Waals surface area contributed by atoms with Crippen LogP contribution < -0.4 is 0 Å². The van der Waals surface area contributed by atoms with Crippen LogP contribution in [0, 0.1) is 0 Å². The quantitative estimate of drug-likeness (QED) is 0.696. The lowest BCUT2D eigenvalue weighted by Crippen LogP contribution is -2.08. The summed E-state index contributed by atoms with van der Waals surface area (Å²) in [5, 5.41) is 11.9. The predicted octanol–water partition coefficient (Wildman–Crippen LogP) is 1.61. The largest absolute Gasteiger partial charge is 0.493 e. The van der Waals surface area contributed by atoms with Gasteiger partial charge in [-0.25, -0.2) is 9.07 Å². The number of hydrogen-bond donors (Lipinski definition) is 1. The first-order chi connectivity index (χ1) is 5.88. The molecule has 0 spiro atoms. The average Bonchev–Trinajstić information content (AvgIpc) is 2.28. The molecule has 1 aromatic heterocycles. The molecule has 0 aliphatic heterocycles. The van der Waals surface area contributed by atoms with Gasteiger partial charge in [-0.3, -0.25) is 0 Å². The van der Waals surface area contributed by atoms with Gasteiger partial charge in [0.25, 0.3) is 0 Å². The molecule has 0 aliphatic rings. The van der Waals surface area contributed by atoms with Crippen LogP contribution in [0.15, 0.2) is 0 Å². The third-order valence-corrected chi connectivity index (χ3v) is 1.51. The molecular formula is C6H6F4N2O. The molecule has 3 nitrogen and oxygen atoms in total. The van der Waals surface area contributed by atoms with E-state index in [1.165, 1.54) is 0 Å². The fourth-order valence-electron chi connectivity index (χ4n) is 0.910. The Balaban J connectivity index is 3.30. The van der Waals surface area contributed by atoms with Crippen molar-refractivity contribution in [1.29, 1.82) is 0 Å². The molecule has 1 aromatic rings. The number of rotatable bonds is 1. The molecular weight excluding hydrogens is 192 g/mol. The molecule has 13 heavy (non-hydrogen) atoms. The summed E-state index contributed by atoms with van der Waals surface area (Å²) in [6.45, 7) is -1.39. The molecule has 0 aromatic carbocycles. The summed E-state index contributed by atoms with van der Waals surface area (Å²) in [6, 6.07) is 0. The first-order valence-corrected chi connectivity index (χ1v) is 3.26. The Bertz CT molecular complexity index is 317. The van der Waals surface area contributed by atoms with Crippen LogP contribution in [-0.4, -0.2) is 14.9 Å². The molecule has 7 heteroatoms. The van der Waals surface area contributed by atoms with Crippen LogP contribution >= 0.6 is 0 Å². The van der Waals surface area contributed by atoms with Crippen LogP contribution in [0.5, 0.6) is 5.88 Å². The molecule has 74 valence electrons. The summed E-state index contributed by atoms with van der Waals surface area (Å²) in [7, 11) is 1.10. The number of aromatic hydroxyl groups is 1. The summed E-state index contributed by atoms with van der Waals surface area (Å²) in [5.41, 5.74) is -2.20. The van der Waals surface area contributed by atoms with Crippen LogP contribution in [0.4, 0.5) is 17.6 Å². The summed E-state index contributed by atoms with van der Waals surface area (Å²) in [5.74, 6) is -0.796. The van der Waals surface area contributed by atoms with E-state index in [-0.39, 0.29) is 0 Å². The summed E-state index contributed by atoms with van der Waals surface area (Å²) >= 11 is 0. The van der Waals surface area contributed by atoms with Crippen molar-refractivity contribution >= 4 is 0 Å². The van der Waals surface area contributed by atoms with Crippen LogP contribution in [0.1, 0.15) is 11.3 Å². The van der Waals surface area contributed by atoms with E-state index in [0.717, 1.165) is 7.05 Å². The molecule has 1 N–H and O–H groups in total. The van der Waals surface area contributed by atoms with E-state index in [2.05, 4.69) is 5.10 Å². The summed E-state index contributed by atoms with van der Waals surface area (Å²) < 4.78 is 48.9. The van der Waals surface area contributed by atoms with Crippen LogP contribution in [0.3, 0.4) is 0 Å². The molecule has 0 radical (unpaired) electrons. The molecule has 1 rings (SSSR count). The zero-order valence-electron chi connectivity index (χ0n) is 6.56. The van der Waals surface area contributed by atoms with Crippen molar-refractivity contribution in [2.45, 2.75) is 12.9 Å². The van der Waals surface area contributed by atoms with Crippen molar-refractivity contribution in [2.24, 2.45) is 7.05 Å². The first-order valence-electron chi connectivity index (χ1n) is 3.26. The fraction of sp³-hybridized carbons (Fsp3) is 0.500. The standard InChI is InChI=1S/C6H6F4N2O/c1-12-5(13)3(2-7)4(11-12)6(8,9)10/h13H,2H2,1H3. The molecule has 0 bridgehead atoms. The van der Waals surface area contributed by atoms with Crippen molar-refractivity contribution < 1.29 is 22.7 Å². The molecule has 0 aliphatic carbocycles. The Morgan fingerprint density at radius 3 is 2.31 bits per heavy atom. The molecule has 0 fully saturated rings. The van der Waals surface area contributed by atoms with E-state index in [1.54, 1.807) is 0 Å². The second-order valence-electron chi connectivity index (χ2n) is 2.41. The van der Waals surface area contributed by atoms with Gasteiger partial charge in [0.1, 0.15) is 6.67 Å². The van der Waals surface area contributed by atoms with E-state index in [9.17, 15) is 17.6 Å². The van der Waals surface area contributed by atoms with Gasteiger partial charge in [-0.15, -0.1) is 0 Å². The maximum atomic E-state index is 12.1. The summed E-state index contributed by atoms with van der Waals surface area (Å²) in [4.78, 5) is 0. The monoisotopic (exact) mass is 198 g/mol. The van der Waals surface area contributed by atoms with Gasteiger partial charge in [0.2, 0.25) is 5.88 Å². The third-order valence-electron chi connectivity index (χ3n) is 1.51. The highest BCUT2D eigenvalue weighted by molar-refractivity contribution is 5.31. The van der Waals surface area contributed by atoms with Gasteiger partial charge in [-0.2, -0.15) is 18.3 Å². The van der Waals surface area contributed by atoms with Gasteiger partial charge in [-0.1, -0.05) is 0 Å². The fourth-order valence-corrected chi connectivity index (χ4v) is 0.910. The molecule has 0 amide bonds. The minimum absolute atomic E-state index is 0.581. The molecule has 1 heterocycles. The van der Waals surface area contributed by atoms with E-state index in [1.807, 2.05) is 0 Å². The van der Waals surface area contributed by atoms with Gasteiger partial charge >= 0.3 is 6.18 Å². The van der Waals surface area contributed by atoms with Crippen molar-refractivity contribution in [3.8, 4) is 5.88 Å². The number of aryl methyl sites for hydroxylation is 1. The van der Waals surface area contributed by atoms with Gasteiger partial charge < -0.3 is 5.11 Å². The minimum Gasteiger partial charge on any atom is -0.493 e. The lowest BCUT2D eigenvalue weighted by atomic mass is 10.2. The van der Waals surface area contributed by atoms with Gasteiger partial charge in [-0.05, 0) is 0 Å². The Morgan fingerprint density at radius 1 is 1.46 bits per heavy atom. The number of hydrogen-bond acceptors (Lipinski definition) is 2. The summed E-state index contributed by atoms with van der Waals surface area (Å²) in [6.07, 6.45) is -4.74. The van der Waals surface area contributed by atoms with Gasteiger partial charge in [0.05, 0.1) is 5.56 Å². The molecule has 0 atom stereocenters. The topological polar surface area (TPSA) is 38.0 Å². The van der Waals surface area contributed by atoms with Gasteiger partial charge in [0, 0.05) is 7.05 Å². The number of aromatic nitrogens is 2. The Hall–Kier alpha value is -1.27. The maximum absolute atomic E-state index is 12.1. The van der Waals surface area contributed by atoms with Crippen molar-refractivity contribution in [1.82, 2.24) is 9.78 Å². The van der Waals surface area contributed by atoms with E-state index in [0.29, 0.717) is 4.68 Å². The van der Waals surface area contributed by atoms with Crippen molar-refractivity contribution in [2.75, 3.05) is 0 Å². The zero-order valence-corrected chi connectivity index (χ0v) is 6.56. The molecule has 0 unspecified atom stereocenters. The smallest absolute Gasteiger partial charge is 0.435 e.